The van der Waals surface area contributed by atoms with Gasteiger partial charge in [0.1, 0.15) is 5.52 Å². The predicted molar refractivity (Wildman–Crippen MR) is 116 cm³/mol. The lowest BCUT2D eigenvalue weighted by Crippen LogP contribution is -1.81. The van der Waals surface area contributed by atoms with Gasteiger partial charge >= 0.3 is 0 Å². The summed E-state index contributed by atoms with van der Waals surface area (Å²) in [5, 5.41) is 0. The fraction of sp³-hybridized carbons (Fsp3) is 0.0435. The molecule has 0 aliphatic heterocycles. The fourth-order valence-electron chi connectivity index (χ4n) is 2.82. The molecule has 0 amide bonds. The molecule has 0 saturated heterocycles. The zero-order chi connectivity index (χ0) is 18.6. The summed E-state index contributed by atoms with van der Waals surface area (Å²) >= 11 is 3.47. The van der Waals surface area contributed by atoms with Crippen molar-refractivity contribution in [2.24, 2.45) is 4.99 Å². The van der Waals surface area contributed by atoms with Gasteiger partial charge in [0.2, 0.25) is 5.89 Å². The second-order valence-electron chi connectivity index (χ2n) is 6.18. The normalized spacial score (nSPS) is 11.8. The van der Waals surface area contributed by atoms with Crippen molar-refractivity contribution in [1.29, 1.82) is 0 Å². The highest BCUT2D eigenvalue weighted by Gasteiger charge is 2.10. The third-order valence-electron chi connectivity index (χ3n) is 4.19. The third-order valence-corrected chi connectivity index (χ3v) is 4.69. The minimum atomic E-state index is 0.638. The van der Waals surface area contributed by atoms with Gasteiger partial charge in [-0.2, -0.15) is 0 Å². The standard InChI is InChI=1S/C23H17BrN2O/c1-16-6-2-3-10-20(16)23-26-21-15-19(11-12-22(21)27-23)25-13-5-8-17-7-4-9-18(24)14-17/h2-15H,1H3. The van der Waals surface area contributed by atoms with Gasteiger partial charge < -0.3 is 4.42 Å². The summed E-state index contributed by atoms with van der Waals surface area (Å²) in [5.74, 6) is 0.638. The Hall–Kier alpha value is -2.98. The Morgan fingerprint density at radius 2 is 1.89 bits per heavy atom. The van der Waals surface area contributed by atoms with Gasteiger partial charge in [-0.25, -0.2) is 4.98 Å². The van der Waals surface area contributed by atoms with Gasteiger partial charge in [-0.15, -0.1) is 0 Å². The Bertz CT molecular complexity index is 1160. The molecule has 0 aliphatic carbocycles. The second-order valence-corrected chi connectivity index (χ2v) is 7.09. The molecule has 4 heteroatoms. The van der Waals surface area contributed by atoms with Crippen LogP contribution in [0.4, 0.5) is 5.69 Å². The van der Waals surface area contributed by atoms with Crippen molar-refractivity contribution in [1.82, 2.24) is 4.98 Å². The molecule has 0 N–H and O–H groups in total. The van der Waals surface area contributed by atoms with E-state index >= 15 is 0 Å². The number of aromatic nitrogens is 1. The monoisotopic (exact) mass is 416 g/mol. The van der Waals surface area contributed by atoms with E-state index in [0.29, 0.717) is 5.89 Å². The molecule has 1 heterocycles. The number of allylic oxidation sites excluding steroid dienone is 1. The number of oxazole rings is 1. The Balaban J connectivity index is 1.56. The molecule has 0 fully saturated rings. The van der Waals surface area contributed by atoms with Gasteiger partial charge in [-0.05, 0) is 60.5 Å². The largest absolute Gasteiger partial charge is 0.436 e. The van der Waals surface area contributed by atoms with Crippen molar-refractivity contribution in [3.8, 4) is 11.5 Å². The zero-order valence-corrected chi connectivity index (χ0v) is 16.3. The lowest BCUT2D eigenvalue weighted by atomic mass is 10.1. The number of halogens is 1. The van der Waals surface area contributed by atoms with Crippen LogP contribution in [0.2, 0.25) is 0 Å². The van der Waals surface area contributed by atoms with Crippen LogP contribution in [0.1, 0.15) is 11.1 Å². The first-order valence-corrected chi connectivity index (χ1v) is 9.41. The molecular formula is C23H17BrN2O. The van der Waals surface area contributed by atoms with E-state index in [9.17, 15) is 0 Å². The van der Waals surface area contributed by atoms with Crippen LogP contribution in [0, 0.1) is 6.92 Å². The third kappa shape index (κ3) is 4.07. The summed E-state index contributed by atoms with van der Waals surface area (Å²) in [6, 6.07) is 22.0. The predicted octanol–water partition coefficient (Wildman–Crippen LogP) is 6.98. The van der Waals surface area contributed by atoms with Crippen LogP contribution in [-0.4, -0.2) is 11.2 Å². The van der Waals surface area contributed by atoms with Crippen LogP contribution >= 0.6 is 15.9 Å². The van der Waals surface area contributed by atoms with E-state index in [-0.39, 0.29) is 0 Å². The molecule has 0 spiro atoms. The molecule has 0 unspecified atom stereocenters. The van der Waals surface area contributed by atoms with Crippen LogP contribution in [0.3, 0.4) is 0 Å². The Kier molecular flexibility index (Phi) is 4.99. The molecule has 0 bridgehead atoms. The van der Waals surface area contributed by atoms with Gasteiger partial charge in [-0.3, -0.25) is 4.99 Å². The molecule has 4 rings (SSSR count). The van der Waals surface area contributed by atoms with Crippen LogP contribution < -0.4 is 0 Å². The van der Waals surface area contributed by atoms with Crippen LogP contribution in [0.15, 0.2) is 86.7 Å². The number of aliphatic imine (C=N–C) groups is 1. The van der Waals surface area contributed by atoms with Gasteiger partial charge in [0, 0.05) is 16.3 Å². The maximum absolute atomic E-state index is 5.90. The first kappa shape index (κ1) is 17.4. The summed E-state index contributed by atoms with van der Waals surface area (Å²) < 4.78 is 6.96. The molecule has 0 atom stereocenters. The molecule has 0 radical (unpaired) electrons. The summed E-state index contributed by atoms with van der Waals surface area (Å²) in [5.41, 5.74) is 5.67. The van der Waals surface area contributed by atoms with E-state index in [0.717, 1.165) is 38.0 Å². The van der Waals surface area contributed by atoms with Crippen molar-refractivity contribution in [2.45, 2.75) is 6.92 Å². The summed E-state index contributed by atoms with van der Waals surface area (Å²) in [7, 11) is 0. The quantitative estimate of drug-likeness (QED) is 0.336. The first-order chi connectivity index (χ1) is 13.2. The Morgan fingerprint density at radius 1 is 1.00 bits per heavy atom. The van der Waals surface area contributed by atoms with Crippen molar-refractivity contribution in [2.75, 3.05) is 0 Å². The fourth-order valence-corrected chi connectivity index (χ4v) is 3.23. The van der Waals surface area contributed by atoms with Crippen LogP contribution in [0.5, 0.6) is 0 Å². The highest BCUT2D eigenvalue weighted by atomic mass is 79.9. The number of benzene rings is 3. The number of hydrogen-bond acceptors (Lipinski definition) is 3. The second kappa shape index (κ2) is 7.72. The van der Waals surface area contributed by atoms with E-state index in [4.69, 9.17) is 4.42 Å². The van der Waals surface area contributed by atoms with Crippen molar-refractivity contribution >= 4 is 45.0 Å². The number of aryl methyl sites for hydroxylation is 1. The maximum Gasteiger partial charge on any atom is 0.227 e. The summed E-state index contributed by atoms with van der Waals surface area (Å²) in [6.07, 6.45) is 5.72. The first-order valence-electron chi connectivity index (χ1n) is 8.62. The van der Waals surface area contributed by atoms with Crippen LogP contribution in [0.25, 0.3) is 28.6 Å². The highest BCUT2D eigenvalue weighted by molar-refractivity contribution is 9.10. The number of nitrogens with zero attached hydrogens (tertiary/aromatic N) is 2. The van der Waals surface area contributed by atoms with Crippen molar-refractivity contribution in [3.05, 3.63) is 88.4 Å². The van der Waals surface area contributed by atoms with Gasteiger partial charge in [0.15, 0.2) is 5.58 Å². The molecule has 0 aliphatic rings. The molecule has 132 valence electrons. The zero-order valence-electron chi connectivity index (χ0n) is 14.8. The summed E-state index contributed by atoms with van der Waals surface area (Å²) in [6.45, 7) is 2.05. The Morgan fingerprint density at radius 3 is 2.74 bits per heavy atom. The molecule has 3 nitrogen and oxygen atoms in total. The topological polar surface area (TPSA) is 38.4 Å². The smallest absolute Gasteiger partial charge is 0.227 e. The SMILES string of the molecule is Cc1ccccc1-c1nc2cc(N=CC=Cc3cccc(Br)c3)ccc2o1. The van der Waals surface area contributed by atoms with E-state index in [1.807, 2.05) is 66.7 Å². The maximum atomic E-state index is 5.90. The number of rotatable bonds is 4. The average molecular weight is 417 g/mol. The molecule has 4 aromatic rings. The average Bonchev–Trinajstić information content (AvgIpc) is 3.09. The highest BCUT2D eigenvalue weighted by Crippen LogP contribution is 2.28. The van der Waals surface area contributed by atoms with Gasteiger partial charge in [0.05, 0.1) is 5.69 Å². The van der Waals surface area contributed by atoms with Crippen molar-refractivity contribution in [3.63, 3.8) is 0 Å². The number of fused-ring (bicyclic) bond motifs is 1. The minimum Gasteiger partial charge on any atom is -0.436 e. The van der Waals surface area contributed by atoms with Gasteiger partial charge in [-0.1, -0.05) is 52.3 Å². The minimum absolute atomic E-state index is 0.638. The van der Waals surface area contributed by atoms with E-state index in [1.54, 1.807) is 6.21 Å². The van der Waals surface area contributed by atoms with Gasteiger partial charge in [0.25, 0.3) is 0 Å². The molecule has 27 heavy (non-hydrogen) atoms. The van der Waals surface area contributed by atoms with E-state index < -0.39 is 0 Å². The lowest BCUT2D eigenvalue weighted by Gasteiger charge is -1.98. The molecule has 3 aromatic carbocycles. The molecule has 0 saturated carbocycles. The summed E-state index contributed by atoms with van der Waals surface area (Å²) in [4.78, 5) is 9.11. The molecular weight excluding hydrogens is 400 g/mol. The van der Waals surface area contributed by atoms with E-state index in [1.165, 1.54) is 0 Å². The number of hydrogen-bond donors (Lipinski definition) is 0. The Labute approximate surface area is 166 Å². The van der Waals surface area contributed by atoms with Crippen LogP contribution in [-0.2, 0) is 0 Å². The van der Waals surface area contributed by atoms with Crippen molar-refractivity contribution < 1.29 is 4.42 Å². The molecule has 1 aromatic heterocycles. The lowest BCUT2D eigenvalue weighted by molar-refractivity contribution is 0.619. The van der Waals surface area contributed by atoms with E-state index in [2.05, 4.69) is 45.0 Å².